The number of halogens is 3. The molecule has 0 spiro atoms. The maximum absolute atomic E-state index is 11.7. The van der Waals surface area contributed by atoms with E-state index in [0.29, 0.717) is 6.61 Å². The highest BCUT2D eigenvalue weighted by molar-refractivity contribution is 4.65. The lowest BCUT2D eigenvalue weighted by Crippen LogP contribution is -2.33. The molecule has 0 aromatic rings. The van der Waals surface area contributed by atoms with Gasteiger partial charge >= 0.3 is 6.18 Å². The number of rotatable bonds is 10. The van der Waals surface area contributed by atoms with Crippen molar-refractivity contribution in [3.8, 4) is 0 Å². The van der Waals surface area contributed by atoms with Crippen molar-refractivity contribution in [3.63, 3.8) is 0 Å². The topological polar surface area (TPSA) is 60.0 Å². The molecule has 2 N–H and O–H groups in total. The van der Waals surface area contributed by atoms with Crippen LogP contribution < -0.4 is 5.32 Å². The quantitative estimate of drug-likeness (QED) is 0.582. The number of hydrogen-bond donors (Lipinski definition) is 2. The van der Waals surface area contributed by atoms with Crippen LogP contribution in [0, 0.1) is 0 Å². The van der Waals surface area contributed by atoms with Crippen LogP contribution in [-0.2, 0) is 14.2 Å². The predicted molar refractivity (Wildman–Crippen MR) is 65.5 cm³/mol. The van der Waals surface area contributed by atoms with Gasteiger partial charge in [-0.25, -0.2) is 0 Å². The minimum Gasteiger partial charge on any atom is -0.389 e. The van der Waals surface area contributed by atoms with Crippen molar-refractivity contribution in [3.05, 3.63) is 0 Å². The van der Waals surface area contributed by atoms with Gasteiger partial charge in [0.2, 0.25) is 0 Å². The number of ether oxygens (including phenoxy) is 3. The first-order valence-corrected chi connectivity index (χ1v) is 6.70. The summed E-state index contributed by atoms with van der Waals surface area (Å²) in [4.78, 5) is 0. The second kappa shape index (κ2) is 9.51. The molecule has 1 saturated heterocycles. The van der Waals surface area contributed by atoms with Crippen molar-refractivity contribution in [2.24, 2.45) is 0 Å². The van der Waals surface area contributed by atoms with Crippen LogP contribution in [0.1, 0.15) is 12.8 Å². The average Bonchev–Trinajstić information content (AvgIpc) is 2.85. The average molecular weight is 301 g/mol. The van der Waals surface area contributed by atoms with Crippen LogP contribution >= 0.6 is 0 Å². The second-order valence-corrected chi connectivity index (χ2v) is 4.70. The molecule has 1 aliphatic rings. The molecule has 120 valence electrons. The van der Waals surface area contributed by atoms with E-state index in [2.05, 4.69) is 10.1 Å². The number of aliphatic hydroxyl groups excluding tert-OH is 1. The van der Waals surface area contributed by atoms with E-state index in [1.807, 2.05) is 0 Å². The Balaban J connectivity index is 1.86. The van der Waals surface area contributed by atoms with Crippen LogP contribution in [0.5, 0.6) is 0 Å². The van der Waals surface area contributed by atoms with E-state index >= 15 is 0 Å². The molecule has 1 fully saturated rings. The monoisotopic (exact) mass is 301 g/mol. The second-order valence-electron chi connectivity index (χ2n) is 4.70. The van der Waals surface area contributed by atoms with Crippen LogP contribution in [0.15, 0.2) is 0 Å². The van der Waals surface area contributed by atoms with Crippen molar-refractivity contribution in [2.75, 3.05) is 46.1 Å². The Hall–Kier alpha value is -0.410. The SMILES string of the molecule is OC(CNCCOCC(F)(F)F)COCC1CCCO1. The highest BCUT2D eigenvalue weighted by atomic mass is 19.4. The zero-order valence-electron chi connectivity index (χ0n) is 11.3. The molecular weight excluding hydrogens is 279 g/mol. The van der Waals surface area contributed by atoms with Gasteiger partial charge < -0.3 is 24.6 Å². The lowest BCUT2D eigenvalue weighted by Gasteiger charge is -2.14. The molecule has 0 amide bonds. The molecule has 1 heterocycles. The zero-order valence-corrected chi connectivity index (χ0v) is 11.3. The predicted octanol–water partition coefficient (Wildman–Crippen LogP) is 0.711. The van der Waals surface area contributed by atoms with Crippen molar-refractivity contribution in [1.82, 2.24) is 5.32 Å². The Morgan fingerprint density at radius 2 is 2.15 bits per heavy atom. The lowest BCUT2D eigenvalue weighted by atomic mass is 10.2. The Bertz CT molecular complexity index is 247. The molecule has 0 saturated carbocycles. The Morgan fingerprint density at radius 1 is 1.35 bits per heavy atom. The van der Waals surface area contributed by atoms with Crippen molar-refractivity contribution in [2.45, 2.75) is 31.2 Å². The van der Waals surface area contributed by atoms with Gasteiger partial charge in [-0.05, 0) is 12.8 Å². The summed E-state index contributed by atoms with van der Waals surface area (Å²) < 4.78 is 50.3. The fraction of sp³-hybridized carbons (Fsp3) is 1.00. The summed E-state index contributed by atoms with van der Waals surface area (Å²) in [5.41, 5.74) is 0. The maximum Gasteiger partial charge on any atom is 0.411 e. The molecule has 0 radical (unpaired) electrons. The molecule has 8 heteroatoms. The number of hydrogen-bond acceptors (Lipinski definition) is 5. The van der Waals surface area contributed by atoms with Gasteiger partial charge in [0.05, 0.1) is 32.0 Å². The highest BCUT2D eigenvalue weighted by Crippen LogP contribution is 2.14. The molecule has 0 aromatic heterocycles. The highest BCUT2D eigenvalue weighted by Gasteiger charge is 2.27. The fourth-order valence-electron chi connectivity index (χ4n) is 1.77. The summed E-state index contributed by atoms with van der Waals surface area (Å²) in [6, 6.07) is 0. The summed E-state index contributed by atoms with van der Waals surface area (Å²) in [7, 11) is 0. The Kier molecular flexibility index (Phi) is 8.39. The standard InChI is InChI=1S/C12H22F3NO4/c13-12(14,15)9-18-5-3-16-6-10(17)7-19-8-11-2-1-4-20-11/h10-11,16-17H,1-9H2. The van der Waals surface area contributed by atoms with E-state index in [-0.39, 0.29) is 32.4 Å². The van der Waals surface area contributed by atoms with Crippen LogP contribution in [0.3, 0.4) is 0 Å². The third kappa shape index (κ3) is 9.49. The smallest absolute Gasteiger partial charge is 0.389 e. The first kappa shape index (κ1) is 17.6. The van der Waals surface area contributed by atoms with E-state index in [0.717, 1.165) is 19.4 Å². The molecule has 2 atom stereocenters. The summed E-state index contributed by atoms with van der Waals surface area (Å²) >= 11 is 0. The summed E-state index contributed by atoms with van der Waals surface area (Å²) in [6.07, 6.45) is -2.86. The molecule has 2 unspecified atom stereocenters. The van der Waals surface area contributed by atoms with Crippen LogP contribution in [-0.4, -0.2) is 69.6 Å². The van der Waals surface area contributed by atoms with Gasteiger partial charge in [-0.15, -0.1) is 0 Å². The van der Waals surface area contributed by atoms with E-state index < -0.39 is 18.9 Å². The largest absolute Gasteiger partial charge is 0.411 e. The fourth-order valence-corrected chi connectivity index (χ4v) is 1.77. The van der Waals surface area contributed by atoms with Gasteiger partial charge in [0.15, 0.2) is 0 Å². The van der Waals surface area contributed by atoms with Crippen LogP contribution in [0.25, 0.3) is 0 Å². The van der Waals surface area contributed by atoms with Crippen molar-refractivity contribution < 1.29 is 32.5 Å². The van der Waals surface area contributed by atoms with E-state index in [4.69, 9.17) is 9.47 Å². The Morgan fingerprint density at radius 3 is 2.80 bits per heavy atom. The van der Waals surface area contributed by atoms with E-state index in [1.54, 1.807) is 0 Å². The van der Waals surface area contributed by atoms with Gasteiger partial charge in [-0.3, -0.25) is 0 Å². The van der Waals surface area contributed by atoms with Gasteiger partial charge in [0.1, 0.15) is 6.61 Å². The summed E-state index contributed by atoms with van der Waals surface area (Å²) in [5.74, 6) is 0. The molecule has 1 aliphatic heterocycles. The summed E-state index contributed by atoms with van der Waals surface area (Å²) in [6.45, 7) is 0.600. The first-order chi connectivity index (χ1) is 9.47. The molecule has 20 heavy (non-hydrogen) atoms. The normalized spacial score (nSPS) is 21.3. The van der Waals surface area contributed by atoms with Crippen molar-refractivity contribution >= 4 is 0 Å². The van der Waals surface area contributed by atoms with E-state index in [9.17, 15) is 18.3 Å². The summed E-state index contributed by atoms with van der Waals surface area (Å²) in [5, 5.41) is 12.4. The zero-order chi connectivity index (χ0) is 14.8. The minimum atomic E-state index is -4.30. The maximum atomic E-state index is 11.7. The van der Waals surface area contributed by atoms with Gasteiger partial charge in [0, 0.05) is 19.7 Å². The molecule has 5 nitrogen and oxygen atoms in total. The number of alkyl halides is 3. The molecule has 0 aromatic carbocycles. The van der Waals surface area contributed by atoms with Gasteiger partial charge in [-0.2, -0.15) is 13.2 Å². The lowest BCUT2D eigenvalue weighted by molar-refractivity contribution is -0.173. The minimum absolute atomic E-state index is 0.0526. The number of nitrogens with one attached hydrogen (secondary N) is 1. The Labute approximate surface area is 116 Å². The van der Waals surface area contributed by atoms with Crippen molar-refractivity contribution in [1.29, 1.82) is 0 Å². The van der Waals surface area contributed by atoms with E-state index in [1.165, 1.54) is 0 Å². The first-order valence-electron chi connectivity index (χ1n) is 6.70. The third-order valence-corrected chi connectivity index (χ3v) is 2.71. The number of aliphatic hydroxyl groups is 1. The van der Waals surface area contributed by atoms with Gasteiger partial charge in [0.25, 0.3) is 0 Å². The molecule has 1 rings (SSSR count). The molecule has 0 bridgehead atoms. The third-order valence-electron chi connectivity index (χ3n) is 2.71. The molecular formula is C12H22F3NO4. The molecule has 0 aliphatic carbocycles. The van der Waals surface area contributed by atoms with Gasteiger partial charge in [-0.1, -0.05) is 0 Å². The van der Waals surface area contributed by atoms with Crippen LogP contribution in [0.2, 0.25) is 0 Å². The van der Waals surface area contributed by atoms with Crippen LogP contribution in [0.4, 0.5) is 13.2 Å².